The SMILES string of the molecule is CC1CCN(Cc2cccc(CNC(=O)N3CCC(c4nc(-c5ccccc5)n[nH]4)CC3)c2)CC1. The Labute approximate surface area is 207 Å². The molecule has 2 saturated heterocycles. The Morgan fingerprint density at radius 2 is 1.71 bits per heavy atom. The number of aromatic amines is 1. The molecule has 1 aromatic heterocycles. The van der Waals surface area contributed by atoms with Crippen LogP contribution >= 0.6 is 0 Å². The molecule has 0 radical (unpaired) electrons. The molecular formula is C28H36N6O. The number of nitrogens with one attached hydrogen (secondary N) is 2. The van der Waals surface area contributed by atoms with Crippen LogP contribution in [0.15, 0.2) is 54.6 Å². The van der Waals surface area contributed by atoms with Crippen LogP contribution in [0.2, 0.25) is 0 Å². The zero-order chi connectivity index (χ0) is 24.0. The Morgan fingerprint density at radius 1 is 0.971 bits per heavy atom. The molecule has 5 rings (SSSR count). The lowest BCUT2D eigenvalue weighted by molar-refractivity contribution is 0.180. The number of nitrogens with zero attached hydrogens (tertiary/aromatic N) is 4. The minimum absolute atomic E-state index is 0.0152. The van der Waals surface area contributed by atoms with Crippen molar-refractivity contribution in [1.29, 1.82) is 0 Å². The molecule has 184 valence electrons. The van der Waals surface area contributed by atoms with Gasteiger partial charge < -0.3 is 10.2 Å². The van der Waals surface area contributed by atoms with E-state index in [0.717, 1.165) is 61.2 Å². The van der Waals surface area contributed by atoms with Gasteiger partial charge in [0.1, 0.15) is 5.82 Å². The first kappa shape index (κ1) is 23.5. The maximum atomic E-state index is 12.8. The second-order valence-electron chi connectivity index (χ2n) is 10.1. The van der Waals surface area contributed by atoms with Crippen LogP contribution in [0.5, 0.6) is 0 Å². The van der Waals surface area contributed by atoms with E-state index in [-0.39, 0.29) is 6.03 Å². The van der Waals surface area contributed by atoms with Crippen molar-refractivity contribution in [1.82, 2.24) is 30.3 Å². The van der Waals surface area contributed by atoms with E-state index in [0.29, 0.717) is 12.5 Å². The van der Waals surface area contributed by atoms with Gasteiger partial charge in [-0.2, -0.15) is 5.10 Å². The summed E-state index contributed by atoms with van der Waals surface area (Å²) >= 11 is 0. The molecular weight excluding hydrogens is 436 g/mol. The van der Waals surface area contributed by atoms with E-state index < -0.39 is 0 Å². The van der Waals surface area contributed by atoms with Crippen molar-refractivity contribution >= 4 is 6.03 Å². The van der Waals surface area contributed by atoms with Crippen LogP contribution in [0.3, 0.4) is 0 Å². The fourth-order valence-electron chi connectivity index (χ4n) is 5.14. The van der Waals surface area contributed by atoms with Crippen molar-refractivity contribution < 1.29 is 4.79 Å². The fraction of sp³-hybridized carbons (Fsp3) is 0.464. The van der Waals surface area contributed by atoms with Crippen molar-refractivity contribution in [3.63, 3.8) is 0 Å². The number of benzene rings is 2. The third-order valence-electron chi connectivity index (χ3n) is 7.42. The number of H-pyrrole nitrogens is 1. The van der Waals surface area contributed by atoms with E-state index in [1.807, 2.05) is 35.2 Å². The highest BCUT2D eigenvalue weighted by molar-refractivity contribution is 5.74. The summed E-state index contributed by atoms with van der Waals surface area (Å²) in [6, 6.07) is 18.7. The minimum atomic E-state index is 0.0152. The molecule has 2 N–H and O–H groups in total. The molecule has 2 aliphatic heterocycles. The van der Waals surface area contributed by atoms with Crippen molar-refractivity contribution in [2.45, 2.75) is 51.6 Å². The monoisotopic (exact) mass is 472 g/mol. The van der Waals surface area contributed by atoms with Crippen LogP contribution in [0.1, 0.15) is 55.5 Å². The average molecular weight is 473 g/mol. The quantitative estimate of drug-likeness (QED) is 0.541. The number of aromatic nitrogens is 3. The standard InChI is InChI=1S/C28H36N6O/c1-21-10-14-33(15-11-21)20-23-7-5-6-22(18-23)19-29-28(35)34-16-12-25(13-17-34)27-30-26(31-32-27)24-8-3-2-4-9-24/h2-9,18,21,25H,10-17,19-20H2,1H3,(H,29,35)(H,30,31,32). The van der Waals surface area contributed by atoms with Gasteiger partial charge in [-0.05, 0) is 55.8 Å². The number of rotatable bonds is 6. The van der Waals surface area contributed by atoms with E-state index in [2.05, 4.69) is 51.6 Å². The van der Waals surface area contributed by atoms with E-state index in [4.69, 9.17) is 4.98 Å². The summed E-state index contributed by atoms with van der Waals surface area (Å²) in [7, 11) is 0. The number of hydrogen-bond donors (Lipinski definition) is 2. The number of urea groups is 1. The van der Waals surface area contributed by atoms with Gasteiger partial charge in [-0.3, -0.25) is 10.00 Å². The molecule has 0 atom stereocenters. The highest BCUT2D eigenvalue weighted by atomic mass is 16.2. The summed E-state index contributed by atoms with van der Waals surface area (Å²) in [6.07, 6.45) is 4.36. The highest BCUT2D eigenvalue weighted by Crippen LogP contribution is 2.27. The van der Waals surface area contributed by atoms with Crippen molar-refractivity contribution in [2.75, 3.05) is 26.2 Å². The fourth-order valence-corrected chi connectivity index (χ4v) is 5.14. The number of likely N-dealkylation sites (tertiary alicyclic amines) is 2. The van der Waals surface area contributed by atoms with Crippen molar-refractivity contribution in [2.24, 2.45) is 5.92 Å². The zero-order valence-corrected chi connectivity index (χ0v) is 20.6. The average Bonchev–Trinajstić information content (AvgIpc) is 3.40. The smallest absolute Gasteiger partial charge is 0.317 e. The number of amides is 2. The summed E-state index contributed by atoms with van der Waals surface area (Å²) in [5, 5.41) is 10.6. The lowest BCUT2D eigenvalue weighted by atomic mass is 9.96. The number of hydrogen-bond acceptors (Lipinski definition) is 4. The van der Waals surface area contributed by atoms with Crippen LogP contribution in [-0.2, 0) is 13.1 Å². The summed E-state index contributed by atoms with van der Waals surface area (Å²) in [6.45, 7) is 7.72. The first-order chi connectivity index (χ1) is 17.1. The van der Waals surface area contributed by atoms with E-state index in [1.165, 1.54) is 31.5 Å². The first-order valence-corrected chi connectivity index (χ1v) is 12.9. The zero-order valence-electron chi connectivity index (χ0n) is 20.6. The molecule has 0 bridgehead atoms. The van der Waals surface area contributed by atoms with Crippen molar-refractivity contribution in [3.05, 3.63) is 71.5 Å². The van der Waals surface area contributed by atoms with E-state index in [9.17, 15) is 4.79 Å². The third kappa shape index (κ3) is 6.09. The molecule has 3 heterocycles. The molecule has 2 fully saturated rings. The summed E-state index contributed by atoms with van der Waals surface area (Å²) in [4.78, 5) is 22.0. The Bertz CT molecular complexity index is 1100. The molecule has 35 heavy (non-hydrogen) atoms. The van der Waals surface area contributed by atoms with Crippen LogP contribution < -0.4 is 5.32 Å². The van der Waals surface area contributed by atoms with Gasteiger partial charge in [-0.15, -0.1) is 0 Å². The van der Waals surface area contributed by atoms with Gasteiger partial charge in [-0.25, -0.2) is 9.78 Å². The van der Waals surface area contributed by atoms with E-state index >= 15 is 0 Å². The molecule has 3 aromatic rings. The summed E-state index contributed by atoms with van der Waals surface area (Å²) < 4.78 is 0. The molecule has 0 aliphatic carbocycles. The normalized spacial score (nSPS) is 18.0. The van der Waals surface area contributed by atoms with Gasteiger partial charge >= 0.3 is 6.03 Å². The third-order valence-corrected chi connectivity index (χ3v) is 7.42. The molecule has 0 saturated carbocycles. The van der Waals surface area contributed by atoms with Gasteiger partial charge in [-0.1, -0.05) is 61.5 Å². The first-order valence-electron chi connectivity index (χ1n) is 12.9. The van der Waals surface area contributed by atoms with Gasteiger partial charge in [0.15, 0.2) is 5.82 Å². The largest absolute Gasteiger partial charge is 0.334 e. The van der Waals surface area contributed by atoms with Crippen molar-refractivity contribution in [3.8, 4) is 11.4 Å². The Kier molecular flexibility index (Phi) is 7.42. The second kappa shape index (κ2) is 11.0. The van der Waals surface area contributed by atoms with Gasteiger partial charge in [0.05, 0.1) is 0 Å². The number of piperidine rings is 2. The summed E-state index contributed by atoms with van der Waals surface area (Å²) in [5.41, 5.74) is 3.50. The lowest BCUT2D eigenvalue weighted by Crippen LogP contribution is -2.44. The van der Waals surface area contributed by atoms with Crippen LogP contribution in [0.4, 0.5) is 4.79 Å². The Balaban J connectivity index is 1.08. The molecule has 2 aliphatic rings. The van der Waals surface area contributed by atoms with Crippen LogP contribution in [0.25, 0.3) is 11.4 Å². The molecule has 2 aromatic carbocycles. The minimum Gasteiger partial charge on any atom is -0.334 e. The maximum Gasteiger partial charge on any atom is 0.317 e. The van der Waals surface area contributed by atoms with Crippen LogP contribution in [-0.4, -0.2) is 57.2 Å². The molecule has 2 amide bonds. The predicted octanol–water partition coefficient (Wildman–Crippen LogP) is 4.79. The topological polar surface area (TPSA) is 77.2 Å². The lowest BCUT2D eigenvalue weighted by Gasteiger charge is -2.31. The van der Waals surface area contributed by atoms with Gasteiger partial charge in [0, 0.05) is 37.7 Å². The molecule has 7 nitrogen and oxygen atoms in total. The number of carbonyl (C=O) groups is 1. The number of carbonyl (C=O) groups excluding carboxylic acids is 1. The molecule has 0 unspecified atom stereocenters. The highest BCUT2D eigenvalue weighted by Gasteiger charge is 2.26. The molecule has 7 heteroatoms. The van der Waals surface area contributed by atoms with E-state index in [1.54, 1.807) is 0 Å². The molecule has 0 spiro atoms. The maximum absolute atomic E-state index is 12.8. The Hall–Kier alpha value is -3.19. The second-order valence-corrected chi connectivity index (χ2v) is 10.1. The van der Waals surface area contributed by atoms with Gasteiger partial charge in [0.25, 0.3) is 0 Å². The predicted molar refractivity (Wildman–Crippen MR) is 138 cm³/mol. The summed E-state index contributed by atoms with van der Waals surface area (Å²) in [5.74, 6) is 2.81. The van der Waals surface area contributed by atoms with Gasteiger partial charge in [0.2, 0.25) is 0 Å². The van der Waals surface area contributed by atoms with Crippen LogP contribution in [0, 0.1) is 5.92 Å². The Morgan fingerprint density at radius 3 is 2.49 bits per heavy atom.